The number of rotatable bonds is 5. The van der Waals surface area contributed by atoms with Gasteiger partial charge in [0.25, 0.3) is 0 Å². The van der Waals surface area contributed by atoms with Gasteiger partial charge in [0.2, 0.25) is 5.91 Å². The van der Waals surface area contributed by atoms with E-state index in [4.69, 9.17) is 0 Å². The summed E-state index contributed by atoms with van der Waals surface area (Å²) in [4.78, 5) is 23.4. The zero-order chi connectivity index (χ0) is 15.8. The van der Waals surface area contributed by atoms with Crippen LogP contribution in [-0.2, 0) is 4.79 Å². The van der Waals surface area contributed by atoms with E-state index in [0.717, 1.165) is 31.5 Å². The van der Waals surface area contributed by atoms with E-state index < -0.39 is 0 Å². The van der Waals surface area contributed by atoms with Gasteiger partial charge in [0, 0.05) is 12.2 Å². The fraction of sp³-hybridized carbons (Fsp3) is 0.500. The zero-order valence-electron chi connectivity index (χ0n) is 13.4. The Bertz CT molecular complexity index is 519. The zero-order valence-corrected chi connectivity index (χ0v) is 14.2. The van der Waals surface area contributed by atoms with Crippen LogP contribution in [0, 0.1) is 12.8 Å². The summed E-state index contributed by atoms with van der Waals surface area (Å²) in [7, 11) is 0. The lowest BCUT2D eigenvalue weighted by molar-refractivity contribution is -0.120. The molecule has 1 aromatic rings. The van der Waals surface area contributed by atoms with Crippen molar-refractivity contribution >= 4 is 30.0 Å². The van der Waals surface area contributed by atoms with Crippen LogP contribution in [0.15, 0.2) is 24.3 Å². The highest BCUT2D eigenvalue weighted by Gasteiger charge is 2.14. The first-order valence-electron chi connectivity index (χ1n) is 7.72. The second-order valence-electron chi connectivity index (χ2n) is 5.69. The molecule has 0 saturated carbocycles. The normalized spacial score (nSPS) is 16.8. The van der Waals surface area contributed by atoms with E-state index in [2.05, 4.69) is 21.3 Å². The van der Waals surface area contributed by atoms with Crippen LogP contribution in [0.3, 0.4) is 0 Å². The van der Waals surface area contributed by atoms with Gasteiger partial charge in [-0.05, 0) is 56.5 Å². The average Bonchev–Trinajstić information content (AvgIpc) is 2.52. The Morgan fingerprint density at radius 2 is 2.13 bits per heavy atom. The van der Waals surface area contributed by atoms with Crippen LogP contribution in [0.5, 0.6) is 0 Å². The molecule has 1 atom stereocenters. The Balaban J connectivity index is 0.00000264. The summed E-state index contributed by atoms with van der Waals surface area (Å²) < 4.78 is 0. The van der Waals surface area contributed by atoms with Gasteiger partial charge < -0.3 is 21.3 Å². The number of aryl methyl sites for hydroxylation is 1. The van der Waals surface area contributed by atoms with Gasteiger partial charge in [0.1, 0.15) is 0 Å². The first-order chi connectivity index (χ1) is 10.6. The molecule has 23 heavy (non-hydrogen) atoms. The standard InChI is InChI=1S/C16H24N4O2.ClH/c1-12-4-2-6-14(8-12)20-16(22)19-11-15(21)18-10-13-5-3-7-17-9-13;/h2,4,6,8,13,17H,3,5,7,9-11H2,1H3,(H,18,21)(H2,19,20,22);1H. The molecule has 0 bridgehead atoms. The third kappa shape index (κ3) is 7.34. The fourth-order valence-electron chi connectivity index (χ4n) is 2.48. The second kappa shape index (κ2) is 10.1. The molecule has 7 heteroatoms. The predicted octanol–water partition coefficient (Wildman–Crippen LogP) is 1.65. The van der Waals surface area contributed by atoms with Crippen molar-refractivity contribution in [3.63, 3.8) is 0 Å². The topological polar surface area (TPSA) is 82.3 Å². The van der Waals surface area contributed by atoms with Crippen LogP contribution in [0.2, 0.25) is 0 Å². The number of halogens is 1. The Kier molecular flexibility index (Phi) is 8.43. The highest BCUT2D eigenvalue weighted by atomic mass is 35.5. The van der Waals surface area contributed by atoms with Crippen LogP contribution < -0.4 is 21.3 Å². The Hall–Kier alpha value is -1.79. The van der Waals surface area contributed by atoms with Crippen molar-refractivity contribution in [2.75, 3.05) is 31.5 Å². The SMILES string of the molecule is Cc1cccc(NC(=O)NCC(=O)NCC2CCCNC2)c1.Cl. The van der Waals surface area contributed by atoms with Gasteiger partial charge in [0.15, 0.2) is 0 Å². The first kappa shape index (κ1) is 19.3. The molecule has 1 aliphatic heterocycles. The maximum atomic E-state index is 11.7. The minimum Gasteiger partial charge on any atom is -0.354 e. The Labute approximate surface area is 143 Å². The largest absolute Gasteiger partial charge is 0.354 e. The molecular weight excluding hydrogens is 316 g/mol. The lowest BCUT2D eigenvalue weighted by Crippen LogP contribution is -2.42. The van der Waals surface area contributed by atoms with Crippen molar-refractivity contribution in [1.82, 2.24) is 16.0 Å². The summed E-state index contributed by atoms with van der Waals surface area (Å²) in [5.41, 5.74) is 1.78. The van der Waals surface area contributed by atoms with Crippen LogP contribution in [-0.4, -0.2) is 38.1 Å². The first-order valence-corrected chi connectivity index (χ1v) is 7.72. The highest BCUT2D eigenvalue weighted by Crippen LogP contribution is 2.09. The van der Waals surface area contributed by atoms with Crippen molar-refractivity contribution in [1.29, 1.82) is 0 Å². The monoisotopic (exact) mass is 340 g/mol. The molecule has 6 nitrogen and oxygen atoms in total. The van der Waals surface area contributed by atoms with Gasteiger partial charge in [-0.25, -0.2) is 4.79 Å². The van der Waals surface area contributed by atoms with Crippen molar-refractivity contribution in [3.8, 4) is 0 Å². The molecule has 0 aromatic heterocycles. The molecule has 1 aliphatic rings. The van der Waals surface area contributed by atoms with E-state index in [-0.39, 0.29) is 30.9 Å². The third-order valence-corrected chi connectivity index (χ3v) is 3.67. The molecule has 4 N–H and O–H groups in total. The molecule has 2 rings (SSSR count). The number of hydrogen-bond donors (Lipinski definition) is 4. The number of amides is 3. The van der Waals surface area contributed by atoms with E-state index in [9.17, 15) is 9.59 Å². The lowest BCUT2D eigenvalue weighted by atomic mass is 10.00. The number of piperidine rings is 1. The van der Waals surface area contributed by atoms with Crippen molar-refractivity contribution in [2.45, 2.75) is 19.8 Å². The second-order valence-corrected chi connectivity index (χ2v) is 5.69. The summed E-state index contributed by atoms with van der Waals surface area (Å²) >= 11 is 0. The van der Waals surface area contributed by atoms with Gasteiger partial charge in [0.05, 0.1) is 6.54 Å². The van der Waals surface area contributed by atoms with Crippen molar-refractivity contribution in [2.24, 2.45) is 5.92 Å². The summed E-state index contributed by atoms with van der Waals surface area (Å²) in [6.45, 7) is 4.61. The molecule has 1 unspecified atom stereocenters. The average molecular weight is 341 g/mol. The predicted molar refractivity (Wildman–Crippen MR) is 94.1 cm³/mol. The van der Waals surface area contributed by atoms with Gasteiger partial charge in [-0.1, -0.05) is 12.1 Å². The van der Waals surface area contributed by atoms with Crippen molar-refractivity contribution in [3.05, 3.63) is 29.8 Å². The molecule has 1 saturated heterocycles. The van der Waals surface area contributed by atoms with E-state index >= 15 is 0 Å². The van der Waals surface area contributed by atoms with E-state index in [1.807, 2.05) is 31.2 Å². The number of carbonyl (C=O) groups is 2. The molecule has 0 radical (unpaired) electrons. The minimum absolute atomic E-state index is 0. The van der Waals surface area contributed by atoms with Gasteiger partial charge in [-0.2, -0.15) is 0 Å². The van der Waals surface area contributed by atoms with E-state index in [0.29, 0.717) is 18.2 Å². The number of nitrogens with one attached hydrogen (secondary N) is 4. The molecule has 3 amide bonds. The van der Waals surface area contributed by atoms with Crippen LogP contribution in [0.1, 0.15) is 18.4 Å². The number of urea groups is 1. The number of benzene rings is 1. The van der Waals surface area contributed by atoms with Gasteiger partial charge in [-0.15, -0.1) is 12.4 Å². The summed E-state index contributed by atoms with van der Waals surface area (Å²) in [6, 6.07) is 7.13. The van der Waals surface area contributed by atoms with Crippen LogP contribution in [0.25, 0.3) is 0 Å². The smallest absolute Gasteiger partial charge is 0.319 e. The lowest BCUT2D eigenvalue weighted by Gasteiger charge is -2.22. The maximum Gasteiger partial charge on any atom is 0.319 e. The molecule has 1 aromatic carbocycles. The highest BCUT2D eigenvalue weighted by molar-refractivity contribution is 5.92. The summed E-state index contributed by atoms with van der Waals surface area (Å²) in [5.74, 6) is 0.323. The Morgan fingerprint density at radius 3 is 2.83 bits per heavy atom. The molecule has 0 spiro atoms. The molecule has 128 valence electrons. The number of carbonyl (C=O) groups excluding carboxylic acids is 2. The molecular formula is C16H25ClN4O2. The summed E-state index contributed by atoms with van der Waals surface area (Å²) in [6.07, 6.45) is 2.28. The third-order valence-electron chi connectivity index (χ3n) is 3.67. The molecule has 0 aliphatic carbocycles. The number of hydrogen-bond acceptors (Lipinski definition) is 3. The van der Waals surface area contributed by atoms with E-state index in [1.54, 1.807) is 0 Å². The van der Waals surface area contributed by atoms with Crippen LogP contribution in [0.4, 0.5) is 10.5 Å². The Morgan fingerprint density at radius 1 is 1.30 bits per heavy atom. The van der Waals surface area contributed by atoms with Crippen LogP contribution >= 0.6 is 12.4 Å². The van der Waals surface area contributed by atoms with E-state index in [1.165, 1.54) is 0 Å². The summed E-state index contributed by atoms with van der Waals surface area (Å²) in [5, 5.41) is 11.4. The van der Waals surface area contributed by atoms with Gasteiger partial charge in [-0.3, -0.25) is 4.79 Å². The quantitative estimate of drug-likeness (QED) is 0.658. The molecule has 1 fully saturated rings. The minimum atomic E-state index is -0.375. The van der Waals surface area contributed by atoms with Gasteiger partial charge >= 0.3 is 6.03 Å². The molecule has 1 heterocycles. The number of anilines is 1. The fourth-order valence-corrected chi connectivity index (χ4v) is 2.48. The maximum absolute atomic E-state index is 11.7. The van der Waals surface area contributed by atoms with Crippen molar-refractivity contribution < 1.29 is 9.59 Å².